The highest BCUT2D eigenvalue weighted by atomic mass is 32.2. The van der Waals surface area contributed by atoms with Gasteiger partial charge in [-0.25, -0.2) is 0 Å². The van der Waals surface area contributed by atoms with Gasteiger partial charge in [0.2, 0.25) is 11.8 Å². The first-order chi connectivity index (χ1) is 9.69. The van der Waals surface area contributed by atoms with E-state index in [9.17, 15) is 9.59 Å². The Hall–Kier alpha value is -1.49. The third-order valence-electron chi connectivity index (χ3n) is 3.17. The summed E-state index contributed by atoms with van der Waals surface area (Å²) in [6.45, 7) is 0.500. The molecule has 1 aliphatic carbocycles. The van der Waals surface area contributed by atoms with Crippen molar-refractivity contribution in [1.29, 1.82) is 0 Å². The average Bonchev–Trinajstić information content (AvgIpc) is 3.28. The topological polar surface area (TPSA) is 58.2 Å². The van der Waals surface area contributed by atoms with Crippen molar-refractivity contribution in [1.82, 2.24) is 5.32 Å². The van der Waals surface area contributed by atoms with Gasteiger partial charge in [0.05, 0.1) is 0 Å². The Labute approximate surface area is 123 Å². The largest absolute Gasteiger partial charge is 0.352 e. The lowest BCUT2D eigenvalue weighted by Gasteiger charge is -2.08. The fourth-order valence-corrected chi connectivity index (χ4v) is 2.22. The van der Waals surface area contributed by atoms with Crippen LogP contribution >= 0.6 is 11.8 Å². The zero-order valence-electron chi connectivity index (χ0n) is 11.6. The number of anilines is 1. The zero-order chi connectivity index (χ0) is 14.4. The maximum Gasteiger partial charge on any atom is 0.227 e. The number of nitrogens with one attached hydrogen (secondary N) is 2. The Morgan fingerprint density at radius 2 is 2.15 bits per heavy atom. The van der Waals surface area contributed by atoms with Gasteiger partial charge in [0.1, 0.15) is 0 Å². The predicted molar refractivity (Wildman–Crippen MR) is 82.6 cm³/mol. The number of carbonyl (C=O) groups is 2. The van der Waals surface area contributed by atoms with Crippen molar-refractivity contribution >= 4 is 29.3 Å². The Balaban J connectivity index is 1.82. The van der Waals surface area contributed by atoms with Crippen molar-refractivity contribution < 1.29 is 9.59 Å². The van der Waals surface area contributed by atoms with Crippen molar-refractivity contribution in [2.45, 2.75) is 25.8 Å². The van der Waals surface area contributed by atoms with Crippen molar-refractivity contribution in [2.24, 2.45) is 5.92 Å². The monoisotopic (exact) mass is 292 g/mol. The lowest BCUT2D eigenvalue weighted by molar-refractivity contribution is -0.121. The molecule has 2 amide bonds. The minimum absolute atomic E-state index is 0.0618. The van der Waals surface area contributed by atoms with Gasteiger partial charge < -0.3 is 10.6 Å². The number of thioether (sulfide) groups is 1. The highest BCUT2D eigenvalue weighted by molar-refractivity contribution is 7.98. The number of hydrogen-bond acceptors (Lipinski definition) is 3. The van der Waals surface area contributed by atoms with Crippen molar-refractivity contribution in [3.8, 4) is 0 Å². The van der Waals surface area contributed by atoms with Crippen LogP contribution in [0.15, 0.2) is 24.3 Å². The van der Waals surface area contributed by atoms with Gasteiger partial charge in [0, 0.05) is 30.3 Å². The van der Waals surface area contributed by atoms with E-state index in [1.165, 1.54) is 0 Å². The third kappa shape index (κ3) is 4.89. The molecule has 0 heterocycles. The summed E-state index contributed by atoms with van der Waals surface area (Å²) in [6.07, 6.45) is 4.52. The van der Waals surface area contributed by atoms with E-state index in [4.69, 9.17) is 0 Å². The molecule has 0 spiro atoms. The van der Waals surface area contributed by atoms with Crippen LogP contribution in [0.25, 0.3) is 0 Å². The van der Waals surface area contributed by atoms with Crippen LogP contribution < -0.4 is 10.6 Å². The molecule has 2 N–H and O–H groups in total. The first-order valence-electron chi connectivity index (χ1n) is 6.84. The molecule has 0 bridgehead atoms. The fourth-order valence-electron chi connectivity index (χ4n) is 1.83. The van der Waals surface area contributed by atoms with Crippen molar-refractivity contribution in [3.63, 3.8) is 0 Å². The smallest absolute Gasteiger partial charge is 0.227 e. The molecule has 1 aromatic rings. The summed E-state index contributed by atoms with van der Waals surface area (Å²) in [5.41, 5.74) is 1.80. The van der Waals surface area contributed by atoms with Crippen LogP contribution in [0.1, 0.15) is 24.8 Å². The lowest BCUT2D eigenvalue weighted by atomic mass is 10.2. The first kappa shape index (κ1) is 14.9. The minimum atomic E-state index is 0.0618. The van der Waals surface area contributed by atoms with Crippen LogP contribution in [0.4, 0.5) is 5.69 Å². The van der Waals surface area contributed by atoms with Crippen molar-refractivity contribution in [3.05, 3.63) is 29.8 Å². The standard InChI is InChI=1S/C15H20N2O2S/c1-20-8-7-14(18)16-10-11-3-2-4-13(9-11)17-15(19)12-5-6-12/h2-4,9,12H,5-8,10H2,1H3,(H,16,18)(H,17,19). The number of benzene rings is 1. The van der Waals surface area contributed by atoms with Gasteiger partial charge in [-0.3, -0.25) is 9.59 Å². The van der Waals surface area contributed by atoms with E-state index >= 15 is 0 Å². The van der Waals surface area contributed by atoms with E-state index < -0.39 is 0 Å². The van der Waals surface area contributed by atoms with Gasteiger partial charge in [0.25, 0.3) is 0 Å². The summed E-state index contributed by atoms with van der Waals surface area (Å²) in [6, 6.07) is 7.63. The highest BCUT2D eigenvalue weighted by Gasteiger charge is 2.29. The van der Waals surface area contributed by atoms with E-state index in [-0.39, 0.29) is 17.7 Å². The van der Waals surface area contributed by atoms with Crippen LogP contribution in [-0.2, 0) is 16.1 Å². The van der Waals surface area contributed by atoms with Crippen LogP contribution in [0, 0.1) is 5.92 Å². The van der Waals surface area contributed by atoms with Gasteiger partial charge in [0.15, 0.2) is 0 Å². The number of carbonyl (C=O) groups excluding carboxylic acids is 2. The highest BCUT2D eigenvalue weighted by Crippen LogP contribution is 2.30. The van der Waals surface area contributed by atoms with E-state index in [1.807, 2.05) is 30.5 Å². The molecule has 2 rings (SSSR count). The first-order valence-corrected chi connectivity index (χ1v) is 8.24. The second-order valence-electron chi connectivity index (χ2n) is 4.98. The number of rotatable bonds is 7. The molecule has 0 unspecified atom stereocenters. The second-order valence-corrected chi connectivity index (χ2v) is 5.97. The molecule has 4 nitrogen and oxygen atoms in total. The van der Waals surface area contributed by atoms with E-state index in [2.05, 4.69) is 10.6 Å². The Morgan fingerprint density at radius 1 is 1.35 bits per heavy atom. The molecule has 1 fully saturated rings. The van der Waals surface area contributed by atoms with Gasteiger partial charge >= 0.3 is 0 Å². The van der Waals surface area contributed by atoms with Crippen molar-refractivity contribution in [2.75, 3.05) is 17.3 Å². The molecule has 0 saturated heterocycles. The molecule has 1 aromatic carbocycles. The second kappa shape index (κ2) is 7.33. The summed E-state index contributed by atoms with van der Waals surface area (Å²) in [7, 11) is 0. The normalized spacial score (nSPS) is 13.8. The maximum absolute atomic E-state index is 11.7. The molecule has 0 atom stereocenters. The Bertz CT molecular complexity index is 487. The van der Waals surface area contributed by atoms with Gasteiger partial charge in [-0.05, 0) is 36.8 Å². The predicted octanol–water partition coefficient (Wildman–Crippen LogP) is 2.40. The minimum Gasteiger partial charge on any atom is -0.352 e. The van der Waals surface area contributed by atoms with Gasteiger partial charge in [-0.2, -0.15) is 11.8 Å². The van der Waals surface area contributed by atoms with E-state index in [0.29, 0.717) is 13.0 Å². The summed E-state index contributed by atoms with van der Waals surface area (Å²) >= 11 is 1.66. The third-order valence-corrected chi connectivity index (χ3v) is 3.78. The molecular formula is C15H20N2O2S. The Morgan fingerprint density at radius 3 is 2.85 bits per heavy atom. The summed E-state index contributed by atoms with van der Waals surface area (Å²) < 4.78 is 0. The lowest BCUT2D eigenvalue weighted by Crippen LogP contribution is -2.23. The molecular weight excluding hydrogens is 272 g/mol. The molecule has 20 heavy (non-hydrogen) atoms. The molecule has 108 valence electrons. The zero-order valence-corrected chi connectivity index (χ0v) is 12.5. The van der Waals surface area contributed by atoms with E-state index in [1.54, 1.807) is 11.8 Å². The average molecular weight is 292 g/mol. The summed E-state index contributed by atoms with van der Waals surface area (Å²) in [5, 5.41) is 5.80. The quantitative estimate of drug-likeness (QED) is 0.811. The van der Waals surface area contributed by atoms with Crippen LogP contribution in [0.3, 0.4) is 0 Å². The summed E-state index contributed by atoms with van der Waals surface area (Å²) in [5.74, 6) is 1.20. The Kier molecular flexibility index (Phi) is 5.47. The fraction of sp³-hybridized carbons (Fsp3) is 0.467. The molecule has 0 aliphatic heterocycles. The summed E-state index contributed by atoms with van der Waals surface area (Å²) in [4.78, 5) is 23.2. The van der Waals surface area contributed by atoms with Crippen LogP contribution in [0.5, 0.6) is 0 Å². The maximum atomic E-state index is 11.7. The van der Waals surface area contributed by atoms with Gasteiger partial charge in [-0.1, -0.05) is 12.1 Å². The molecule has 0 radical (unpaired) electrons. The molecule has 5 heteroatoms. The number of amides is 2. The molecule has 1 saturated carbocycles. The SMILES string of the molecule is CSCCC(=O)NCc1cccc(NC(=O)C2CC2)c1. The van der Waals surface area contributed by atoms with Crippen LogP contribution in [-0.4, -0.2) is 23.8 Å². The number of hydrogen-bond donors (Lipinski definition) is 2. The van der Waals surface area contributed by atoms with Crippen LogP contribution in [0.2, 0.25) is 0 Å². The molecule has 0 aromatic heterocycles. The molecule has 1 aliphatic rings. The van der Waals surface area contributed by atoms with Gasteiger partial charge in [-0.15, -0.1) is 0 Å². The van der Waals surface area contributed by atoms with E-state index in [0.717, 1.165) is 29.8 Å².